The van der Waals surface area contributed by atoms with E-state index in [-0.39, 0.29) is 17.7 Å². The van der Waals surface area contributed by atoms with Crippen LogP contribution in [0.2, 0.25) is 5.02 Å². The summed E-state index contributed by atoms with van der Waals surface area (Å²) in [6, 6.07) is 4.28. The minimum Gasteiger partial charge on any atom is -0.389 e. The van der Waals surface area contributed by atoms with Crippen LogP contribution in [-0.2, 0) is 10.3 Å². The summed E-state index contributed by atoms with van der Waals surface area (Å²) in [6.07, 6.45) is 9.36. The second-order valence-corrected chi connectivity index (χ2v) is 10.4. The Kier molecular flexibility index (Phi) is 4.19. The number of nitrogens with zero attached hydrogens (tertiary/aromatic N) is 6. The van der Waals surface area contributed by atoms with Crippen molar-refractivity contribution in [3.63, 3.8) is 0 Å². The van der Waals surface area contributed by atoms with E-state index in [4.69, 9.17) is 16.3 Å². The molecule has 9 heteroatoms. The van der Waals surface area contributed by atoms with Crippen molar-refractivity contribution in [2.75, 3.05) is 44.3 Å². The van der Waals surface area contributed by atoms with E-state index in [1.807, 2.05) is 23.1 Å². The molecular weight excluding hydrogens is 428 g/mol. The first-order chi connectivity index (χ1) is 15.6. The Hall–Kier alpha value is -2.13. The maximum Gasteiger partial charge on any atom is 0.103 e. The second kappa shape index (κ2) is 6.93. The Bertz CT molecular complexity index is 1170. The van der Waals surface area contributed by atoms with Crippen LogP contribution >= 0.6 is 11.6 Å². The molecule has 2 aliphatic heterocycles. The largest absolute Gasteiger partial charge is 0.389 e. The van der Waals surface area contributed by atoms with Crippen molar-refractivity contribution in [1.29, 1.82) is 0 Å². The standard InChI is InChI=1S/C23H27ClN6O2/c24-18-5-16-10-26-30(17-11-25-29(12-17)23-7-15(8-23)9-23)19(16)6-20(18)27-1-3-28(4-2-27)21-13-32-14-22(21)31/h5-6,10-12,15,21-22,31H,1-4,7-9,13-14H2. The molecule has 1 N–H and O–H groups in total. The molecule has 2 bridgehead atoms. The number of fused-ring (bicyclic) bond motifs is 1. The third-order valence-electron chi connectivity index (χ3n) is 8.09. The summed E-state index contributed by atoms with van der Waals surface area (Å²) in [6.45, 7) is 4.55. The van der Waals surface area contributed by atoms with Gasteiger partial charge in [0.1, 0.15) is 5.69 Å². The zero-order valence-electron chi connectivity index (χ0n) is 17.9. The van der Waals surface area contributed by atoms with Gasteiger partial charge < -0.3 is 14.7 Å². The molecule has 2 unspecified atom stereocenters. The number of hydrogen-bond acceptors (Lipinski definition) is 6. The van der Waals surface area contributed by atoms with Crippen molar-refractivity contribution in [1.82, 2.24) is 24.5 Å². The molecule has 168 valence electrons. The molecule has 1 aromatic carbocycles. The van der Waals surface area contributed by atoms with E-state index in [2.05, 4.69) is 36.9 Å². The average Bonchev–Trinajstić information content (AvgIpc) is 3.45. The summed E-state index contributed by atoms with van der Waals surface area (Å²) in [5, 5.41) is 21.3. The summed E-state index contributed by atoms with van der Waals surface area (Å²) >= 11 is 6.71. The fourth-order valence-electron chi connectivity index (χ4n) is 6.05. The lowest BCUT2D eigenvalue weighted by molar-refractivity contribution is -0.0977. The van der Waals surface area contributed by atoms with Crippen molar-refractivity contribution in [3.05, 3.63) is 35.7 Å². The monoisotopic (exact) mass is 454 g/mol. The smallest absolute Gasteiger partial charge is 0.103 e. The number of benzene rings is 1. The average molecular weight is 455 g/mol. The van der Waals surface area contributed by atoms with E-state index in [0.717, 1.165) is 59.4 Å². The third kappa shape index (κ3) is 2.79. The van der Waals surface area contributed by atoms with Crippen molar-refractivity contribution in [2.45, 2.75) is 36.9 Å². The summed E-state index contributed by atoms with van der Waals surface area (Å²) in [7, 11) is 0. The normalized spacial score (nSPS) is 32.3. The van der Waals surface area contributed by atoms with E-state index in [0.29, 0.717) is 13.2 Å². The molecule has 3 aliphatic carbocycles. The lowest BCUT2D eigenvalue weighted by atomic mass is 9.50. The second-order valence-electron chi connectivity index (χ2n) is 9.96. The number of aromatic nitrogens is 4. The van der Waals surface area contributed by atoms with Gasteiger partial charge in [-0.25, -0.2) is 4.68 Å². The van der Waals surface area contributed by atoms with Gasteiger partial charge >= 0.3 is 0 Å². The highest BCUT2D eigenvalue weighted by atomic mass is 35.5. The van der Waals surface area contributed by atoms with Crippen LogP contribution in [0.4, 0.5) is 5.69 Å². The van der Waals surface area contributed by atoms with Crippen LogP contribution in [0.3, 0.4) is 0 Å². The maximum absolute atomic E-state index is 10.2. The van der Waals surface area contributed by atoms with Crippen LogP contribution in [0.25, 0.3) is 16.6 Å². The molecule has 8 nitrogen and oxygen atoms in total. The molecule has 2 saturated heterocycles. The van der Waals surface area contributed by atoms with Crippen molar-refractivity contribution in [3.8, 4) is 5.69 Å². The molecule has 3 saturated carbocycles. The zero-order valence-corrected chi connectivity index (χ0v) is 18.7. The Morgan fingerprint density at radius 2 is 1.84 bits per heavy atom. The molecule has 5 fully saturated rings. The number of ether oxygens (including phenoxy) is 1. The Morgan fingerprint density at radius 1 is 1.03 bits per heavy atom. The van der Waals surface area contributed by atoms with Crippen LogP contribution in [0.15, 0.2) is 30.7 Å². The van der Waals surface area contributed by atoms with Crippen molar-refractivity contribution < 1.29 is 9.84 Å². The van der Waals surface area contributed by atoms with Crippen LogP contribution in [-0.4, -0.2) is 81.1 Å². The van der Waals surface area contributed by atoms with Gasteiger partial charge in [0, 0.05) is 31.6 Å². The molecule has 2 aromatic heterocycles. The molecule has 3 aromatic rings. The van der Waals surface area contributed by atoms with Gasteiger partial charge in [0.05, 0.1) is 65.7 Å². The minimum atomic E-state index is -0.387. The molecule has 5 aliphatic rings. The summed E-state index contributed by atoms with van der Waals surface area (Å²) in [5.41, 5.74) is 3.36. The molecule has 4 heterocycles. The van der Waals surface area contributed by atoms with Gasteiger partial charge in [-0.2, -0.15) is 10.2 Å². The lowest BCUT2D eigenvalue weighted by Gasteiger charge is -2.61. The number of anilines is 1. The fraction of sp³-hybridized carbons (Fsp3) is 0.565. The first-order valence-corrected chi connectivity index (χ1v) is 12.0. The third-order valence-corrected chi connectivity index (χ3v) is 8.39. The Balaban J connectivity index is 1.15. The summed E-state index contributed by atoms with van der Waals surface area (Å²) in [4.78, 5) is 4.67. The highest BCUT2D eigenvalue weighted by molar-refractivity contribution is 6.34. The highest BCUT2D eigenvalue weighted by Gasteiger charge is 2.58. The SMILES string of the molecule is OC1COCC1N1CCN(c2cc3c(cnn3-c3cnn(C45CC(C4)C5)c3)cc2Cl)CC1. The molecule has 0 radical (unpaired) electrons. The first kappa shape index (κ1) is 19.3. The molecule has 8 rings (SSSR count). The molecular formula is C23H27ClN6O2. The van der Waals surface area contributed by atoms with Gasteiger partial charge in [0.25, 0.3) is 0 Å². The molecule has 32 heavy (non-hydrogen) atoms. The first-order valence-electron chi connectivity index (χ1n) is 11.6. The lowest BCUT2D eigenvalue weighted by Crippen LogP contribution is -2.59. The van der Waals surface area contributed by atoms with E-state index in [1.54, 1.807) is 0 Å². The van der Waals surface area contributed by atoms with Crippen molar-refractivity contribution >= 4 is 28.2 Å². The Labute approximate surface area is 191 Å². The molecule has 0 amide bonds. The van der Waals surface area contributed by atoms with Crippen molar-refractivity contribution in [2.24, 2.45) is 5.92 Å². The molecule has 0 spiro atoms. The number of aliphatic hydroxyl groups excluding tert-OH is 1. The van der Waals surface area contributed by atoms with Gasteiger partial charge in [-0.15, -0.1) is 0 Å². The van der Waals surface area contributed by atoms with Crippen LogP contribution in [0.1, 0.15) is 19.3 Å². The van der Waals surface area contributed by atoms with Gasteiger partial charge in [-0.05, 0) is 37.3 Å². The fourth-order valence-corrected chi connectivity index (χ4v) is 6.35. The highest BCUT2D eigenvalue weighted by Crippen LogP contribution is 2.62. The quantitative estimate of drug-likeness (QED) is 0.652. The Morgan fingerprint density at radius 3 is 2.53 bits per heavy atom. The number of rotatable bonds is 4. The number of halogens is 1. The predicted octanol–water partition coefficient (Wildman–Crippen LogP) is 2.27. The van der Waals surface area contributed by atoms with Gasteiger partial charge in [0.2, 0.25) is 0 Å². The summed E-state index contributed by atoms with van der Waals surface area (Å²) in [5.74, 6) is 0.919. The number of piperazine rings is 1. The van der Waals surface area contributed by atoms with Gasteiger partial charge in [-0.1, -0.05) is 11.6 Å². The predicted molar refractivity (Wildman–Crippen MR) is 122 cm³/mol. The summed E-state index contributed by atoms with van der Waals surface area (Å²) < 4.78 is 9.58. The zero-order chi connectivity index (χ0) is 21.4. The van der Waals surface area contributed by atoms with Crippen LogP contribution < -0.4 is 4.90 Å². The molecule has 2 atom stereocenters. The van der Waals surface area contributed by atoms with Crippen LogP contribution in [0, 0.1) is 5.92 Å². The van der Waals surface area contributed by atoms with Gasteiger partial charge in [0.15, 0.2) is 0 Å². The van der Waals surface area contributed by atoms with E-state index >= 15 is 0 Å². The van der Waals surface area contributed by atoms with Crippen LogP contribution in [0.5, 0.6) is 0 Å². The number of aliphatic hydroxyl groups is 1. The minimum absolute atomic E-state index is 0.106. The maximum atomic E-state index is 10.2. The van der Waals surface area contributed by atoms with E-state index in [1.165, 1.54) is 19.3 Å². The topological polar surface area (TPSA) is 71.6 Å². The van der Waals surface area contributed by atoms with E-state index in [9.17, 15) is 5.11 Å². The van der Waals surface area contributed by atoms with Gasteiger partial charge in [-0.3, -0.25) is 9.58 Å². The number of hydrogen-bond donors (Lipinski definition) is 1. The van der Waals surface area contributed by atoms with E-state index < -0.39 is 0 Å².